The molecular weight excluding hydrogens is 428 g/mol. The van der Waals surface area contributed by atoms with Gasteiger partial charge in [0, 0.05) is 55.7 Å². The number of aromatic amines is 1. The number of benzene rings is 1. The van der Waals surface area contributed by atoms with Gasteiger partial charge < -0.3 is 19.8 Å². The molecule has 7 nitrogen and oxygen atoms in total. The van der Waals surface area contributed by atoms with Crippen LogP contribution in [-0.4, -0.2) is 45.9 Å². The van der Waals surface area contributed by atoms with E-state index >= 15 is 0 Å². The van der Waals surface area contributed by atoms with Gasteiger partial charge in [0.2, 0.25) is 5.43 Å². The molecule has 0 spiro atoms. The number of fused-ring (bicyclic) bond motifs is 1. The van der Waals surface area contributed by atoms with Crippen LogP contribution in [0.2, 0.25) is 0 Å². The zero-order valence-corrected chi connectivity index (χ0v) is 20.1. The van der Waals surface area contributed by atoms with E-state index in [1.165, 1.54) is 0 Å². The van der Waals surface area contributed by atoms with Gasteiger partial charge in [-0.15, -0.1) is 0 Å². The van der Waals surface area contributed by atoms with Crippen LogP contribution in [-0.2, 0) is 13.0 Å². The van der Waals surface area contributed by atoms with Gasteiger partial charge in [0.05, 0.1) is 0 Å². The minimum atomic E-state index is -0.487. The molecule has 0 saturated carbocycles. The molecule has 7 heteroatoms. The zero-order chi connectivity index (χ0) is 24.1. The van der Waals surface area contributed by atoms with Crippen LogP contribution < -0.4 is 10.7 Å². The number of hydrogen-bond donors (Lipinski definition) is 2. The lowest BCUT2D eigenvalue weighted by molar-refractivity contribution is 0.0759. The molecule has 1 saturated heterocycles. The van der Waals surface area contributed by atoms with E-state index in [9.17, 15) is 14.4 Å². The third-order valence-electron chi connectivity index (χ3n) is 6.38. The molecule has 0 aliphatic carbocycles. The van der Waals surface area contributed by atoms with Crippen LogP contribution in [0.5, 0.6) is 0 Å². The molecule has 4 rings (SSSR count). The van der Waals surface area contributed by atoms with E-state index in [4.69, 9.17) is 0 Å². The van der Waals surface area contributed by atoms with Crippen LogP contribution in [0.1, 0.15) is 65.8 Å². The maximum atomic E-state index is 13.3. The Kier molecular flexibility index (Phi) is 7.50. The first kappa shape index (κ1) is 23.8. The second-order valence-electron chi connectivity index (χ2n) is 9.58. The summed E-state index contributed by atoms with van der Waals surface area (Å²) < 4.78 is 1.81. The number of nitrogens with one attached hydrogen (secondary N) is 2. The first-order valence-corrected chi connectivity index (χ1v) is 12.3. The van der Waals surface area contributed by atoms with Gasteiger partial charge in [-0.25, -0.2) is 0 Å². The number of pyridine rings is 1. The zero-order valence-electron chi connectivity index (χ0n) is 20.1. The van der Waals surface area contributed by atoms with Crippen LogP contribution in [0.15, 0.2) is 47.7 Å². The van der Waals surface area contributed by atoms with Crippen molar-refractivity contribution in [3.63, 3.8) is 0 Å². The third-order valence-corrected chi connectivity index (χ3v) is 6.38. The maximum Gasteiger partial charge on any atom is 0.259 e. The van der Waals surface area contributed by atoms with Crippen LogP contribution >= 0.6 is 0 Å². The topological polar surface area (TPSA) is 87.2 Å². The molecule has 1 aliphatic heterocycles. The highest BCUT2D eigenvalue weighted by molar-refractivity contribution is 5.99. The number of nitrogens with zero attached hydrogens (tertiary/aromatic N) is 2. The van der Waals surface area contributed by atoms with Crippen LogP contribution in [0, 0.1) is 5.92 Å². The molecule has 2 N–H and O–H groups in total. The third kappa shape index (κ3) is 5.41. The Morgan fingerprint density at radius 3 is 2.47 bits per heavy atom. The van der Waals surface area contributed by atoms with Crippen LogP contribution in [0.4, 0.5) is 0 Å². The predicted molar refractivity (Wildman–Crippen MR) is 134 cm³/mol. The van der Waals surface area contributed by atoms with Crippen molar-refractivity contribution in [1.82, 2.24) is 19.8 Å². The summed E-state index contributed by atoms with van der Waals surface area (Å²) in [4.78, 5) is 44.6. The Labute approximate surface area is 200 Å². The Morgan fingerprint density at radius 2 is 1.74 bits per heavy atom. The van der Waals surface area contributed by atoms with Gasteiger partial charge in [0.1, 0.15) is 11.1 Å². The smallest absolute Gasteiger partial charge is 0.259 e. The number of likely N-dealkylation sites (tertiary alicyclic amines) is 1. The van der Waals surface area contributed by atoms with Crippen molar-refractivity contribution in [2.24, 2.45) is 5.92 Å². The molecule has 2 aromatic heterocycles. The lowest BCUT2D eigenvalue weighted by Gasteiger charge is -2.21. The van der Waals surface area contributed by atoms with Crippen molar-refractivity contribution in [2.45, 2.75) is 52.5 Å². The molecule has 0 radical (unpaired) electrons. The van der Waals surface area contributed by atoms with Crippen molar-refractivity contribution in [3.8, 4) is 0 Å². The quantitative estimate of drug-likeness (QED) is 0.557. The molecule has 34 heavy (non-hydrogen) atoms. The van der Waals surface area contributed by atoms with E-state index < -0.39 is 11.3 Å². The second kappa shape index (κ2) is 10.7. The normalized spacial score (nSPS) is 14.4. The predicted octanol–water partition coefficient (Wildman–Crippen LogP) is 3.97. The van der Waals surface area contributed by atoms with Gasteiger partial charge in [-0.1, -0.05) is 44.9 Å². The molecular formula is C27H34N4O3. The van der Waals surface area contributed by atoms with Gasteiger partial charge in [-0.05, 0) is 36.8 Å². The monoisotopic (exact) mass is 462 g/mol. The number of carbonyl (C=O) groups excluding carboxylic acids is 2. The molecule has 0 unspecified atom stereocenters. The Hall–Kier alpha value is -3.35. The summed E-state index contributed by atoms with van der Waals surface area (Å²) in [5.41, 5.74) is 1.80. The average molecular weight is 463 g/mol. The first-order valence-electron chi connectivity index (χ1n) is 12.3. The SMILES string of the molecule is CC(C)Cn1cc(C(=O)NCCc2c[nH]c3ccccc23)c(=O)c(C(=O)N2CCCCCC2)c1. The van der Waals surface area contributed by atoms with E-state index in [0.717, 1.165) is 42.1 Å². The standard InChI is InChI=1S/C27H34N4O3/c1-19(2)16-30-17-22(25(32)23(18-30)27(34)31-13-7-3-4-8-14-31)26(33)28-12-11-20-15-29-24-10-6-5-9-21(20)24/h5-6,9-10,15,17-19,29H,3-4,7-8,11-14,16H2,1-2H3,(H,28,33). The van der Waals surface area contributed by atoms with Crippen LogP contribution in [0.25, 0.3) is 10.9 Å². The fraction of sp³-hybridized carbons (Fsp3) is 0.444. The number of H-pyrrole nitrogens is 1. The van der Waals surface area contributed by atoms with E-state index in [-0.39, 0.29) is 17.0 Å². The van der Waals surface area contributed by atoms with Crippen LogP contribution in [0.3, 0.4) is 0 Å². The number of rotatable bonds is 7. The highest BCUT2D eigenvalue weighted by Gasteiger charge is 2.24. The Bertz CT molecular complexity index is 1220. The van der Waals surface area contributed by atoms with Crippen molar-refractivity contribution in [2.75, 3.05) is 19.6 Å². The number of para-hydroxylation sites is 1. The minimum Gasteiger partial charge on any atom is -0.361 e. The summed E-state index contributed by atoms with van der Waals surface area (Å²) >= 11 is 0. The Morgan fingerprint density at radius 1 is 1.03 bits per heavy atom. The van der Waals surface area contributed by atoms with Crippen molar-refractivity contribution in [1.29, 1.82) is 0 Å². The van der Waals surface area contributed by atoms with Crippen molar-refractivity contribution in [3.05, 3.63) is 69.8 Å². The first-order chi connectivity index (χ1) is 16.4. The fourth-order valence-corrected chi connectivity index (χ4v) is 4.66. The van der Waals surface area contributed by atoms with E-state index in [0.29, 0.717) is 38.5 Å². The number of amides is 2. The number of aromatic nitrogens is 2. The van der Waals surface area contributed by atoms with E-state index in [1.807, 2.05) is 35.0 Å². The van der Waals surface area contributed by atoms with E-state index in [1.54, 1.807) is 17.3 Å². The molecule has 3 heterocycles. The van der Waals surface area contributed by atoms with Crippen molar-refractivity contribution < 1.29 is 9.59 Å². The van der Waals surface area contributed by atoms with Gasteiger partial charge in [0.15, 0.2) is 0 Å². The molecule has 0 atom stereocenters. The van der Waals surface area contributed by atoms with Gasteiger partial charge >= 0.3 is 0 Å². The molecule has 3 aromatic rings. The highest BCUT2D eigenvalue weighted by atomic mass is 16.2. The molecule has 1 aromatic carbocycles. The van der Waals surface area contributed by atoms with E-state index in [2.05, 4.69) is 24.1 Å². The fourth-order valence-electron chi connectivity index (χ4n) is 4.66. The van der Waals surface area contributed by atoms with Gasteiger partial charge in [-0.2, -0.15) is 0 Å². The summed E-state index contributed by atoms with van der Waals surface area (Å²) in [7, 11) is 0. The number of carbonyl (C=O) groups is 2. The maximum absolute atomic E-state index is 13.3. The van der Waals surface area contributed by atoms with Gasteiger partial charge in [0.25, 0.3) is 11.8 Å². The average Bonchev–Trinajstić information content (AvgIpc) is 3.03. The molecule has 2 amide bonds. The summed E-state index contributed by atoms with van der Waals surface area (Å²) in [6.45, 7) is 6.46. The summed E-state index contributed by atoms with van der Waals surface area (Å²) in [6, 6.07) is 8.03. The summed E-state index contributed by atoms with van der Waals surface area (Å²) in [5, 5.41) is 4.01. The second-order valence-corrected chi connectivity index (χ2v) is 9.58. The lowest BCUT2D eigenvalue weighted by Crippen LogP contribution is -2.38. The molecule has 0 bridgehead atoms. The lowest BCUT2D eigenvalue weighted by atomic mass is 10.1. The van der Waals surface area contributed by atoms with Crippen molar-refractivity contribution >= 4 is 22.7 Å². The largest absolute Gasteiger partial charge is 0.361 e. The molecule has 1 fully saturated rings. The summed E-state index contributed by atoms with van der Waals surface area (Å²) in [5.74, 6) is -0.396. The van der Waals surface area contributed by atoms with Gasteiger partial charge in [-0.3, -0.25) is 14.4 Å². The highest BCUT2D eigenvalue weighted by Crippen LogP contribution is 2.18. The minimum absolute atomic E-state index is 0.0280. The Balaban J connectivity index is 1.54. The molecule has 180 valence electrons. The summed E-state index contributed by atoms with van der Waals surface area (Å²) in [6.07, 6.45) is 9.89. The molecule has 1 aliphatic rings. The number of hydrogen-bond acceptors (Lipinski definition) is 3.